The Labute approximate surface area is 129 Å². The van der Waals surface area contributed by atoms with Gasteiger partial charge >= 0.3 is 12.1 Å². The van der Waals surface area contributed by atoms with E-state index in [1.807, 2.05) is 0 Å². The van der Waals surface area contributed by atoms with Crippen molar-refractivity contribution in [2.75, 3.05) is 33.4 Å². The van der Waals surface area contributed by atoms with Crippen LogP contribution in [0.2, 0.25) is 0 Å². The van der Waals surface area contributed by atoms with Crippen LogP contribution in [0.4, 0.5) is 13.2 Å². The fraction of sp³-hybridized carbons (Fsp3) is 0.929. The van der Waals surface area contributed by atoms with Gasteiger partial charge in [0.15, 0.2) is 0 Å². The zero-order valence-corrected chi connectivity index (χ0v) is 13.6. The van der Waals surface area contributed by atoms with Gasteiger partial charge in [0.1, 0.15) is 12.2 Å². The lowest BCUT2D eigenvalue weighted by molar-refractivity contribution is -0.179. The summed E-state index contributed by atoms with van der Waals surface area (Å²) in [6, 6.07) is 0. The van der Waals surface area contributed by atoms with Crippen LogP contribution in [-0.2, 0) is 14.3 Å². The Hall–Kier alpha value is -0.860. The van der Waals surface area contributed by atoms with Gasteiger partial charge < -0.3 is 19.5 Å². The highest BCUT2D eigenvalue weighted by Gasteiger charge is 2.27. The molecule has 0 aromatic rings. The molecule has 1 atom stereocenters. The zero-order valence-electron chi connectivity index (χ0n) is 13.6. The van der Waals surface area contributed by atoms with E-state index in [1.165, 1.54) is 0 Å². The van der Waals surface area contributed by atoms with Gasteiger partial charge in [-0.25, -0.2) is 0 Å². The Kier molecular flexibility index (Phi) is 8.95. The predicted octanol–water partition coefficient (Wildman–Crippen LogP) is 1.98. The van der Waals surface area contributed by atoms with Crippen molar-refractivity contribution in [2.24, 2.45) is 0 Å². The predicted molar refractivity (Wildman–Crippen MR) is 75.5 cm³/mol. The van der Waals surface area contributed by atoms with Crippen molar-refractivity contribution in [3.8, 4) is 0 Å². The van der Waals surface area contributed by atoms with Crippen LogP contribution in [0.5, 0.6) is 0 Å². The van der Waals surface area contributed by atoms with E-state index in [4.69, 9.17) is 4.74 Å². The first-order valence-corrected chi connectivity index (χ1v) is 7.12. The van der Waals surface area contributed by atoms with Crippen LogP contribution in [0.25, 0.3) is 0 Å². The number of ether oxygens (including phenoxy) is 2. The topological polar surface area (TPSA) is 59.0 Å². The monoisotopic (exact) mass is 329 g/mol. The number of hydrogen-bond donors (Lipinski definition) is 1. The standard InChI is InChI=1S/C14H26F3NO4/c1-13(2,3)22-12(20)6-5-7-18(4)8-11(19)9-21-10-14(15,16)17/h11,19H,5-10H2,1-4H3/t11-/m1/s1. The second-order valence-electron chi connectivity index (χ2n) is 6.24. The van der Waals surface area contributed by atoms with Crippen molar-refractivity contribution in [1.82, 2.24) is 4.90 Å². The molecule has 5 nitrogen and oxygen atoms in total. The van der Waals surface area contributed by atoms with Gasteiger partial charge in [-0.3, -0.25) is 4.79 Å². The molecule has 0 aromatic carbocycles. The molecular formula is C14H26F3NO4. The van der Waals surface area contributed by atoms with Crippen molar-refractivity contribution in [3.05, 3.63) is 0 Å². The van der Waals surface area contributed by atoms with Gasteiger partial charge in [0.2, 0.25) is 0 Å². The molecule has 0 amide bonds. The molecule has 0 aromatic heterocycles. The van der Waals surface area contributed by atoms with E-state index in [0.717, 1.165) is 0 Å². The highest BCUT2D eigenvalue weighted by Crippen LogP contribution is 2.14. The molecule has 22 heavy (non-hydrogen) atoms. The van der Waals surface area contributed by atoms with Crippen molar-refractivity contribution < 1.29 is 32.5 Å². The summed E-state index contributed by atoms with van der Waals surface area (Å²) in [5.74, 6) is -0.296. The SMILES string of the molecule is CN(CCCC(=O)OC(C)(C)C)C[C@@H](O)COCC(F)(F)F. The molecule has 8 heteroatoms. The number of likely N-dealkylation sites (N-methyl/N-ethyl adjacent to an activating group) is 1. The maximum atomic E-state index is 11.9. The molecule has 0 rings (SSSR count). The van der Waals surface area contributed by atoms with E-state index in [9.17, 15) is 23.1 Å². The van der Waals surface area contributed by atoms with Gasteiger partial charge in [-0.05, 0) is 40.8 Å². The van der Waals surface area contributed by atoms with E-state index >= 15 is 0 Å². The maximum absolute atomic E-state index is 11.9. The lowest BCUT2D eigenvalue weighted by Crippen LogP contribution is -2.34. The number of alkyl halides is 3. The van der Waals surface area contributed by atoms with Crippen LogP contribution in [0.3, 0.4) is 0 Å². The Morgan fingerprint density at radius 3 is 2.36 bits per heavy atom. The van der Waals surface area contributed by atoms with Gasteiger partial charge in [0.25, 0.3) is 0 Å². The number of aliphatic hydroxyl groups is 1. The average molecular weight is 329 g/mol. The first kappa shape index (κ1) is 21.1. The van der Waals surface area contributed by atoms with E-state index in [-0.39, 0.29) is 25.5 Å². The van der Waals surface area contributed by atoms with E-state index in [0.29, 0.717) is 13.0 Å². The molecule has 0 saturated heterocycles. The lowest BCUT2D eigenvalue weighted by atomic mass is 10.2. The van der Waals surface area contributed by atoms with Gasteiger partial charge in [-0.2, -0.15) is 13.2 Å². The van der Waals surface area contributed by atoms with Crippen molar-refractivity contribution in [1.29, 1.82) is 0 Å². The summed E-state index contributed by atoms with van der Waals surface area (Å²) < 4.78 is 45.1. The van der Waals surface area contributed by atoms with Crippen molar-refractivity contribution >= 4 is 5.97 Å². The molecule has 0 spiro atoms. The number of halogens is 3. The van der Waals surface area contributed by atoms with Gasteiger partial charge in [-0.1, -0.05) is 0 Å². The summed E-state index contributed by atoms with van der Waals surface area (Å²) >= 11 is 0. The third-order valence-corrected chi connectivity index (χ3v) is 2.44. The molecule has 0 saturated carbocycles. The molecule has 0 heterocycles. The average Bonchev–Trinajstić information content (AvgIpc) is 2.23. The van der Waals surface area contributed by atoms with E-state index < -0.39 is 24.5 Å². The number of carbonyl (C=O) groups excluding carboxylic acids is 1. The minimum absolute atomic E-state index is 0.173. The Balaban J connectivity index is 3.76. The summed E-state index contributed by atoms with van der Waals surface area (Å²) in [6.45, 7) is 4.31. The quantitative estimate of drug-likeness (QED) is 0.656. The first-order valence-electron chi connectivity index (χ1n) is 7.12. The van der Waals surface area contributed by atoms with Crippen LogP contribution in [0.15, 0.2) is 0 Å². The second kappa shape index (κ2) is 9.32. The summed E-state index contributed by atoms with van der Waals surface area (Å²) in [4.78, 5) is 13.2. The number of rotatable bonds is 9. The fourth-order valence-electron chi connectivity index (χ4n) is 1.70. The Bertz CT molecular complexity index is 329. The van der Waals surface area contributed by atoms with Crippen LogP contribution in [-0.4, -0.2) is 67.2 Å². The van der Waals surface area contributed by atoms with Crippen LogP contribution in [0.1, 0.15) is 33.6 Å². The number of nitrogens with zero attached hydrogens (tertiary/aromatic N) is 1. The lowest BCUT2D eigenvalue weighted by Gasteiger charge is -2.22. The number of esters is 1. The minimum atomic E-state index is -4.39. The van der Waals surface area contributed by atoms with Gasteiger partial charge in [-0.15, -0.1) is 0 Å². The summed E-state index contributed by atoms with van der Waals surface area (Å²) in [5, 5.41) is 9.55. The van der Waals surface area contributed by atoms with E-state index in [2.05, 4.69) is 4.74 Å². The van der Waals surface area contributed by atoms with Gasteiger partial charge in [0.05, 0.1) is 12.7 Å². The van der Waals surface area contributed by atoms with Crippen molar-refractivity contribution in [2.45, 2.75) is 51.5 Å². The number of carbonyl (C=O) groups is 1. The van der Waals surface area contributed by atoms with Crippen LogP contribution >= 0.6 is 0 Å². The third-order valence-electron chi connectivity index (χ3n) is 2.44. The summed E-state index contributed by atoms with van der Waals surface area (Å²) in [6.07, 6.45) is -4.60. The molecule has 0 aliphatic rings. The fourth-order valence-corrected chi connectivity index (χ4v) is 1.70. The van der Waals surface area contributed by atoms with E-state index in [1.54, 1.807) is 32.7 Å². The van der Waals surface area contributed by atoms with Crippen LogP contribution < -0.4 is 0 Å². The highest BCUT2D eigenvalue weighted by atomic mass is 19.4. The van der Waals surface area contributed by atoms with Crippen LogP contribution in [0, 0.1) is 0 Å². The maximum Gasteiger partial charge on any atom is 0.411 e. The minimum Gasteiger partial charge on any atom is -0.460 e. The largest absolute Gasteiger partial charge is 0.460 e. The smallest absolute Gasteiger partial charge is 0.411 e. The van der Waals surface area contributed by atoms with Crippen molar-refractivity contribution in [3.63, 3.8) is 0 Å². The summed E-state index contributed by atoms with van der Waals surface area (Å²) in [5.41, 5.74) is -0.519. The number of aliphatic hydroxyl groups excluding tert-OH is 1. The molecule has 0 unspecified atom stereocenters. The summed E-state index contributed by atoms with van der Waals surface area (Å²) in [7, 11) is 1.71. The third kappa shape index (κ3) is 14.1. The molecule has 0 radical (unpaired) electrons. The zero-order chi connectivity index (χ0) is 17.4. The highest BCUT2D eigenvalue weighted by molar-refractivity contribution is 5.69. The Morgan fingerprint density at radius 2 is 1.86 bits per heavy atom. The molecule has 132 valence electrons. The molecule has 0 fully saturated rings. The Morgan fingerprint density at radius 1 is 1.27 bits per heavy atom. The normalized spacial score (nSPS) is 14.2. The number of hydrogen-bond acceptors (Lipinski definition) is 5. The molecule has 0 bridgehead atoms. The molecule has 1 N–H and O–H groups in total. The molecular weight excluding hydrogens is 303 g/mol. The molecule has 0 aliphatic carbocycles. The second-order valence-corrected chi connectivity index (χ2v) is 6.24. The first-order chi connectivity index (χ1) is 9.89. The van der Waals surface area contributed by atoms with Gasteiger partial charge in [0, 0.05) is 13.0 Å². The molecule has 0 aliphatic heterocycles.